The fourth-order valence-electron chi connectivity index (χ4n) is 1.75. The van der Waals surface area contributed by atoms with Crippen molar-refractivity contribution in [3.63, 3.8) is 0 Å². The van der Waals surface area contributed by atoms with Gasteiger partial charge in [-0.1, -0.05) is 26.8 Å². The van der Waals surface area contributed by atoms with Gasteiger partial charge >= 0.3 is 0 Å². The Morgan fingerprint density at radius 3 is 2.58 bits per heavy atom. The molecule has 1 amide bonds. The lowest BCUT2D eigenvalue weighted by Gasteiger charge is -2.31. The van der Waals surface area contributed by atoms with Crippen LogP contribution in [0.25, 0.3) is 0 Å². The Balaban J connectivity index is 2.81. The van der Waals surface area contributed by atoms with Crippen LogP contribution in [0.1, 0.15) is 20.8 Å². The lowest BCUT2D eigenvalue weighted by atomic mass is 9.82. The van der Waals surface area contributed by atoms with Gasteiger partial charge in [0, 0.05) is 19.2 Å². The molecule has 2 atom stereocenters. The zero-order valence-electron chi connectivity index (χ0n) is 8.24. The molecule has 0 N–H and O–H groups in total. The van der Waals surface area contributed by atoms with E-state index in [1.54, 1.807) is 4.90 Å². The van der Waals surface area contributed by atoms with Crippen molar-refractivity contribution in [2.45, 2.75) is 20.8 Å². The van der Waals surface area contributed by atoms with Gasteiger partial charge in [-0.3, -0.25) is 4.79 Å². The number of carbonyl (C=O) groups is 1. The third kappa shape index (κ3) is 1.52. The van der Waals surface area contributed by atoms with Gasteiger partial charge in [0.15, 0.2) is 0 Å². The number of amides is 1. The van der Waals surface area contributed by atoms with Crippen molar-refractivity contribution in [2.24, 2.45) is 17.8 Å². The zero-order chi connectivity index (χ0) is 9.30. The predicted octanol–water partition coefficient (Wildman–Crippen LogP) is 1.88. The van der Waals surface area contributed by atoms with Crippen molar-refractivity contribution in [3.8, 4) is 0 Å². The molecule has 1 rings (SSSR count). The van der Waals surface area contributed by atoms with Crippen LogP contribution in [0.4, 0.5) is 0 Å². The fourth-order valence-corrected chi connectivity index (χ4v) is 1.75. The second-order valence-electron chi connectivity index (χ2n) is 3.90. The van der Waals surface area contributed by atoms with Crippen molar-refractivity contribution in [2.75, 3.05) is 7.05 Å². The lowest BCUT2D eigenvalue weighted by molar-refractivity contribution is -0.133. The first-order chi connectivity index (χ1) is 5.54. The molecule has 0 aromatic carbocycles. The Bertz CT molecular complexity index is 208. The first-order valence-corrected chi connectivity index (χ1v) is 4.49. The topological polar surface area (TPSA) is 20.3 Å². The van der Waals surface area contributed by atoms with Crippen molar-refractivity contribution in [1.29, 1.82) is 0 Å². The van der Waals surface area contributed by atoms with Crippen LogP contribution in [0.5, 0.6) is 0 Å². The van der Waals surface area contributed by atoms with E-state index in [0.717, 1.165) is 0 Å². The van der Waals surface area contributed by atoms with Gasteiger partial charge in [-0.25, -0.2) is 0 Å². The fraction of sp³-hybridized carbons (Fsp3) is 0.700. The number of rotatable bonds is 1. The third-order valence-electron chi connectivity index (χ3n) is 2.62. The minimum atomic E-state index is 0.139. The molecule has 0 radical (unpaired) electrons. The summed E-state index contributed by atoms with van der Waals surface area (Å²) in [7, 11) is 1.81. The molecule has 1 heterocycles. The number of nitrogens with zero attached hydrogens (tertiary/aromatic N) is 1. The van der Waals surface area contributed by atoms with Crippen LogP contribution >= 0.6 is 0 Å². The molecule has 0 saturated carbocycles. The normalized spacial score (nSPS) is 30.1. The molecule has 0 aromatic heterocycles. The highest BCUT2D eigenvalue weighted by Crippen LogP contribution is 2.27. The Morgan fingerprint density at radius 1 is 1.50 bits per heavy atom. The summed E-state index contributed by atoms with van der Waals surface area (Å²) in [6, 6.07) is 0. The Labute approximate surface area is 74.2 Å². The summed E-state index contributed by atoms with van der Waals surface area (Å²) in [5.74, 6) is 1.33. The summed E-state index contributed by atoms with van der Waals surface area (Å²) in [6.07, 6.45) is 4.02. The molecular weight excluding hydrogens is 150 g/mol. The summed E-state index contributed by atoms with van der Waals surface area (Å²) in [6.45, 7) is 6.32. The van der Waals surface area contributed by atoms with E-state index in [-0.39, 0.29) is 11.8 Å². The quantitative estimate of drug-likeness (QED) is 0.584. The first kappa shape index (κ1) is 9.30. The summed E-state index contributed by atoms with van der Waals surface area (Å²) in [4.78, 5) is 13.2. The van der Waals surface area contributed by atoms with Gasteiger partial charge in [-0.05, 0) is 11.8 Å². The summed E-state index contributed by atoms with van der Waals surface area (Å²) >= 11 is 0. The van der Waals surface area contributed by atoms with E-state index in [0.29, 0.717) is 11.8 Å². The van der Waals surface area contributed by atoms with Gasteiger partial charge in [0.2, 0.25) is 5.91 Å². The third-order valence-corrected chi connectivity index (χ3v) is 2.62. The van der Waals surface area contributed by atoms with Crippen molar-refractivity contribution in [1.82, 2.24) is 4.90 Å². The number of hydrogen-bond acceptors (Lipinski definition) is 1. The molecule has 0 saturated heterocycles. The van der Waals surface area contributed by atoms with E-state index in [2.05, 4.69) is 19.9 Å². The molecule has 0 aliphatic carbocycles. The minimum Gasteiger partial charge on any atom is -0.322 e. The number of carbonyl (C=O) groups excluding carboxylic acids is 1. The molecular formula is C10H17NO. The highest BCUT2D eigenvalue weighted by molar-refractivity contribution is 5.80. The average molecular weight is 167 g/mol. The van der Waals surface area contributed by atoms with Crippen LogP contribution < -0.4 is 0 Å². The van der Waals surface area contributed by atoms with Gasteiger partial charge in [-0.15, -0.1) is 0 Å². The van der Waals surface area contributed by atoms with Crippen LogP contribution in [-0.2, 0) is 4.79 Å². The van der Waals surface area contributed by atoms with Gasteiger partial charge in [0.05, 0.1) is 0 Å². The minimum absolute atomic E-state index is 0.139. The van der Waals surface area contributed by atoms with E-state index < -0.39 is 0 Å². The van der Waals surface area contributed by atoms with E-state index in [9.17, 15) is 4.79 Å². The second kappa shape index (κ2) is 3.30. The molecule has 2 nitrogen and oxygen atoms in total. The number of hydrogen-bond donors (Lipinski definition) is 0. The van der Waals surface area contributed by atoms with Gasteiger partial charge < -0.3 is 4.90 Å². The molecule has 0 aromatic rings. The Morgan fingerprint density at radius 2 is 2.08 bits per heavy atom. The number of allylic oxidation sites excluding steroid dienone is 1. The van der Waals surface area contributed by atoms with Crippen LogP contribution in [0.15, 0.2) is 12.3 Å². The molecule has 0 bridgehead atoms. The molecule has 1 aliphatic heterocycles. The maximum absolute atomic E-state index is 11.5. The molecule has 0 spiro atoms. The van der Waals surface area contributed by atoms with Crippen LogP contribution in [0.2, 0.25) is 0 Å². The largest absolute Gasteiger partial charge is 0.322 e. The van der Waals surface area contributed by atoms with E-state index in [4.69, 9.17) is 0 Å². The highest BCUT2D eigenvalue weighted by Gasteiger charge is 2.29. The standard InChI is InChI=1S/C10H17NO/c1-7(2)9-5-6-11(4)10(12)8(9)3/h5-9H,1-4H3/t8-,9?/m1/s1. The Kier molecular flexibility index (Phi) is 2.55. The predicted molar refractivity (Wildman–Crippen MR) is 49.4 cm³/mol. The molecule has 0 fully saturated rings. The molecule has 1 unspecified atom stereocenters. The SMILES string of the molecule is CC(C)C1C=CN(C)C(=O)[C@@H]1C. The maximum atomic E-state index is 11.5. The maximum Gasteiger partial charge on any atom is 0.229 e. The zero-order valence-corrected chi connectivity index (χ0v) is 8.24. The van der Waals surface area contributed by atoms with Gasteiger partial charge in [-0.2, -0.15) is 0 Å². The second-order valence-corrected chi connectivity index (χ2v) is 3.90. The van der Waals surface area contributed by atoms with Gasteiger partial charge in [0.25, 0.3) is 0 Å². The van der Waals surface area contributed by atoms with Crippen LogP contribution in [-0.4, -0.2) is 17.9 Å². The average Bonchev–Trinajstić information content (AvgIpc) is 2.00. The van der Waals surface area contributed by atoms with E-state index in [1.807, 2.05) is 20.2 Å². The van der Waals surface area contributed by atoms with Crippen LogP contribution in [0.3, 0.4) is 0 Å². The summed E-state index contributed by atoms with van der Waals surface area (Å²) in [5.41, 5.74) is 0. The molecule has 12 heavy (non-hydrogen) atoms. The first-order valence-electron chi connectivity index (χ1n) is 4.49. The monoisotopic (exact) mass is 167 g/mol. The lowest BCUT2D eigenvalue weighted by Crippen LogP contribution is -2.36. The Hall–Kier alpha value is -0.790. The highest BCUT2D eigenvalue weighted by atomic mass is 16.2. The van der Waals surface area contributed by atoms with Crippen molar-refractivity contribution >= 4 is 5.91 Å². The van der Waals surface area contributed by atoms with Crippen molar-refractivity contribution in [3.05, 3.63) is 12.3 Å². The van der Waals surface area contributed by atoms with Crippen LogP contribution in [0, 0.1) is 17.8 Å². The molecule has 2 heteroatoms. The summed E-state index contributed by atoms with van der Waals surface area (Å²) < 4.78 is 0. The molecule has 68 valence electrons. The van der Waals surface area contributed by atoms with Gasteiger partial charge in [0.1, 0.15) is 0 Å². The molecule has 1 aliphatic rings. The van der Waals surface area contributed by atoms with Crippen molar-refractivity contribution < 1.29 is 4.79 Å². The smallest absolute Gasteiger partial charge is 0.229 e. The van der Waals surface area contributed by atoms with E-state index >= 15 is 0 Å². The van der Waals surface area contributed by atoms with E-state index in [1.165, 1.54) is 0 Å². The summed E-state index contributed by atoms with van der Waals surface area (Å²) in [5, 5.41) is 0.